The molecule has 0 aromatic heterocycles. The predicted octanol–water partition coefficient (Wildman–Crippen LogP) is 0.369. The molecule has 1 atom stereocenters. The van der Waals surface area contributed by atoms with Crippen LogP contribution in [0.1, 0.15) is 12.8 Å². The summed E-state index contributed by atoms with van der Waals surface area (Å²) in [6, 6.07) is 0. The Labute approximate surface area is 97.8 Å². The number of carbonyl (C=O) groups excluding carboxylic acids is 1. The average molecular weight is 254 g/mol. The van der Waals surface area contributed by atoms with Crippen LogP contribution in [0.3, 0.4) is 0 Å². The quantitative estimate of drug-likeness (QED) is 0.762. The second-order valence-electron chi connectivity index (χ2n) is 4.14. The summed E-state index contributed by atoms with van der Waals surface area (Å²) >= 11 is 0. The molecule has 1 aliphatic rings. The standard InChI is InChI=1S/C10H17F3N2O2/c11-10(12,13)7-15(4-5-16)9(17)8-2-1-3-14-6-8/h8,14,16H,1-7H2. The third kappa shape index (κ3) is 4.91. The van der Waals surface area contributed by atoms with Crippen molar-refractivity contribution < 1.29 is 23.1 Å². The van der Waals surface area contributed by atoms with Crippen LogP contribution in [0.4, 0.5) is 13.2 Å². The summed E-state index contributed by atoms with van der Waals surface area (Å²) in [6.07, 6.45) is -3.03. The fourth-order valence-corrected chi connectivity index (χ4v) is 1.93. The molecule has 0 aromatic rings. The molecule has 1 unspecified atom stereocenters. The Morgan fingerprint density at radius 3 is 2.65 bits per heavy atom. The van der Waals surface area contributed by atoms with E-state index in [1.54, 1.807) is 0 Å². The third-order valence-electron chi connectivity index (χ3n) is 2.70. The Balaban J connectivity index is 2.58. The molecule has 0 radical (unpaired) electrons. The lowest BCUT2D eigenvalue weighted by Gasteiger charge is -2.29. The summed E-state index contributed by atoms with van der Waals surface area (Å²) < 4.78 is 36.8. The van der Waals surface area contributed by atoms with Crippen LogP contribution in [0.5, 0.6) is 0 Å². The molecule has 4 nitrogen and oxygen atoms in total. The van der Waals surface area contributed by atoms with Crippen LogP contribution < -0.4 is 5.32 Å². The molecule has 7 heteroatoms. The molecule has 1 aliphatic heterocycles. The van der Waals surface area contributed by atoms with Gasteiger partial charge in [-0.15, -0.1) is 0 Å². The summed E-state index contributed by atoms with van der Waals surface area (Å²) in [5.41, 5.74) is 0. The molecule has 1 rings (SSSR count). The van der Waals surface area contributed by atoms with Gasteiger partial charge in [0.05, 0.1) is 12.5 Å². The van der Waals surface area contributed by atoms with Crippen molar-refractivity contribution in [2.24, 2.45) is 5.92 Å². The van der Waals surface area contributed by atoms with Gasteiger partial charge in [-0.05, 0) is 19.4 Å². The van der Waals surface area contributed by atoms with Crippen LogP contribution >= 0.6 is 0 Å². The van der Waals surface area contributed by atoms with Gasteiger partial charge >= 0.3 is 6.18 Å². The minimum absolute atomic E-state index is 0.269. The van der Waals surface area contributed by atoms with E-state index in [0.717, 1.165) is 13.0 Å². The van der Waals surface area contributed by atoms with Gasteiger partial charge in [0.2, 0.25) is 5.91 Å². The van der Waals surface area contributed by atoms with Crippen LogP contribution in [0, 0.1) is 5.92 Å². The Morgan fingerprint density at radius 1 is 1.47 bits per heavy atom. The van der Waals surface area contributed by atoms with E-state index in [-0.39, 0.29) is 6.54 Å². The number of carbonyl (C=O) groups is 1. The molecule has 1 amide bonds. The molecule has 0 saturated carbocycles. The topological polar surface area (TPSA) is 52.6 Å². The van der Waals surface area contributed by atoms with E-state index in [1.807, 2.05) is 0 Å². The first-order chi connectivity index (χ1) is 7.94. The van der Waals surface area contributed by atoms with Crippen LogP contribution in [0.2, 0.25) is 0 Å². The van der Waals surface area contributed by atoms with Gasteiger partial charge in [0.25, 0.3) is 0 Å². The van der Waals surface area contributed by atoms with Gasteiger partial charge < -0.3 is 15.3 Å². The third-order valence-corrected chi connectivity index (χ3v) is 2.70. The monoisotopic (exact) mass is 254 g/mol. The molecular weight excluding hydrogens is 237 g/mol. The van der Waals surface area contributed by atoms with Gasteiger partial charge in [0.1, 0.15) is 6.54 Å². The van der Waals surface area contributed by atoms with Crippen molar-refractivity contribution in [3.8, 4) is 0 Å². The van der Waals surface area contributed by atoms with Gasteiger partial charge in [0.15, 0.2) is 0 Å². The van der Waals surface area contributed by atoms with E-state index >= 15 is 0 Å². The minimum Gasteiger partial charge on any atom is -0.395 e. The summed E-state index contributed by atoms with van der Waals surface area (Å²) in [7, 11) is 0. The fourth-order valence-electron chi connectivity index (χ4n) is 1.93. The normalized spacial score (nSPS) is 21.3. The molecule has 0 aromatic carbocycles. The first kappa shape index (κ1) is 14.2. The average Bonchev–Trinajstić information content (AvgIpc) is 2.27. The second-order valence-corrected chi connectivity index (χ2v) is 4.14. The lowest BCUT2D eigenvalue weighted by molar-refractivity contribution is -0.164. The maximum atomic E-state index is 12.3. The number of alkyl halides is 3. The number of hydrogen-bond acceptors (Lipinski definition) is 3. The van der Waals surface area contributed by atoms with Crippen molar-refractivity contribution in [3.63, 3.8) is 0 Å². The van der Waals surface area contributed by atoms with E-state index in [0.29, 0.717) is 17.9 Å². The second kappa shape index (κ2) is 6.20. The molecule has 2 N–H and O–H groups in total. The molecule has 1 saturated heterocycles. The zero-order valence-corrected chi connectivity index (χ0v) is 9.46. The van der Waals surface area contributed by atoms with Crippen LogP contribution in [0.25, 0.3) is 0 Å². The molecule has 17 heavy (non-hydrogen) atoms. The number of nitrogens with one attached hydrogen (secondary N) is 1. The smallest absolute Gasteiger partial charge is 0.395 e. The van der Waals surface area contributed by atoms with Crippen molar-refractivity contribution in [1.29, 1.82) is 0 Å². The highest BCUT2D eigenvalue weighted by atomic mass is 19.4. The lowest BCUT2D eigenvalue weighted by atomic mass is 9.98. The Morgan fingerprint density at radius 2 is 2.18 bits per heavy atom. The lowest BCUT2D eigenvalue weighted by Crippen LogP contribution is -2.47. The van der Waals surface area contributed by atoms with Crippen molar-refractivity contribution in [2.75, 3.05) is 32.8 Å². The molecule has 0 spiro atoms. The summed E-state index contributed by atoms with van der Waals surface area (Å²) in [6.45, 7) is -0.804. The van der Waals surface area contributed by atoms with Crippen LogP contribution in [-0.4, -0.2) is 54.9 Å². The van der Waals surface area contributed by atoms with Crippen LogP contribution in [0.15, 0.2) is 0 Å². The molecule has 1 fully saturated rings. The largest absolute Gasteiger partial charge is 0.406 e. The van der Waals surface area contributed by atoms with E-state index in [2.05, 4.69) is 5.32 Å². The SMILES string of the molecule is O=C(C1CCCNC1)N(CCO)CC(F)(F)F. The van der Waals surface area contributed by atoms with E-state index in [9.17, 15) is 18.0 Å². The van der Waals surface area contributed by atoms with Crippen molar-refractivity contribution >= 4 is 5.91 Å². The zero-order chi connectivity index (χ0) is 12.9. The molecule has 100 valence electrons. The molecule has 1 heterocycles. The van der Waals surface area contributed by atoms with Gasteiger partial charge in [-0.2, -0.15) is 13.2 Å². The van der Waals surface area contributed by atoms with E-state index < -0.39 is 31.2 Å². The highest BCUT2D eigenvalue weighted by molar-refractivity contribution is 5.79. The number of amides is 1. The van der Waals surface area contributed by atoms with Crippen molar-refractivity contribution in [2.45, 2.75) is 19.0 Å². The van der Waals surface area contributed by atoms with Gasteiger partial charge in [-0.1, -0.05) is 0 Å². The minimum atomic E-state index is -4.42. The van der Waals surface area contributed by atoms with Crippen LogP contribution in [-0.2, 0) is 4.79 Å². The Bertz CT molecular complexity index is 252. The number of aliphatic hydroxyl groups is 1. The number of rotatable bonds is 4. The Kier molecular flexibility index (Phi) is 5.20. The summed E-state index contributed by atoms with van der Waals surface area (Å²) in [5.74, 6) is -0.929. The maximum Gasteiger partial charge on any atom is 0.406 e. The number of hydrogen-bond donors (Lipinski definition) is 2. The van der Waals surface area contributed by atoms with Gasteiger partial charge in [-0.3, -0.25) is 4.79 Å². The summed E-state index contributed by atoms with van der Waals surface area (Å²) in [5, 5.41) is 11.7. The highest BCUT2D eigenvalue weighted by Crippen LogP contribution is 2.19. The highest BCUT2D eigenvalue weighted by Gasteiger charge is 2.35. The molecule has 0 bridgehead atoms. The first-order valence-electron chi connectivity index (χ1n) is 5.61. The summed E-state index contributed by atoms with van der Waals surface area (Å²) in [4.78, 5) is 12.5. The van der Waals surface area contributed by atoms with Crippen molar-refractivity contribution in [1.82, 2.24) is 10.2 Å². The van der Waals surface area contributed by atoms with E-state index in [1.165, 1.54) is 0 Å². The fraction of sp³-hybridized carbons (Fsp3) is 0.900. The first-order valence-corrected chi connectivity index (χ1v) is 5.61. The van der Waals surface area contributed by atoms with Gasteiger partial charge in [-0.25, -0.2) is 0 Å². The van der Waals surface area contributed by atoms with E-state index in [4.69, 9.17) is 5.11 Å². The number of halogens is 3. The maximum absolute atomic E-state index is 12.3. The molecular formula is C10H17F3N2O2. The number of aliphatic hydroxyl groups excluding tert-OH is 1. The van der Waals surface area contributed by atoms with Crippen molar-refractivity contribution in [3.05, 3.63) is 0 Å². The molecule has 0 aliphatic carbocycles. The zero-order valence-electron chi connectivity index (χ0n) is 9.46. The van der Waals surface area contributed by atoms with Gasteiger partial charge in [0, 0.05) is 13.1 Å². The Hall–Kier alpha value is -0.820. The predicted molar refractivity (Wildman–Crippen MR) is 55.3 cm³/mol. The number of piperidine rings is 1. The number of nitrogens with zero attached hydrogens (tertiary/aromatic N) is 1.